The smallest absolute Gasteiger partial charge is 0.307 e. The fraction of sp³-hybridized carbons (Fsp3) is 0.848. The van der Waals surface area contributed by atoms with Gasteiger partial charge in [-0.05, 0) is 68.6 Å². The zero-order chi connectivity index (χ0) is 30.8. The third kappa shape index (κ3) is 5.49. The predicted octanol–water partition coefficient (Wildman–Crippen LogP) is 5.00. The van der Waals surface area contributed by atoms with Crippen molar-refractivity contribution in [1.82, 2.24) is 4.90 Å². The minimum atomic E-state index is -1.00. The number of nitrogens with zero attached hydrogens (tertiary/aromatic N) is 1. The van der Waals surface area contributed by atoms with Gasteiger partial charge in [0.25, 0.3) is 5.91 Å². The molecule has 2 amide bonds. The van der Waals surface area contributed by atoms with Gasteiger partial charge in [0, 0.05) is 24.3 Å². The van der Waals surface area contributed by atoms with Crippen LogP contribution >= 0.6 is 0 Å². The second kappa shape index (κ2) is 10.5. The molecule has 2 spiro atoms. The summed E-state index contributed by atoms with van der Waals surface area (Å²) in [6.07, 6.45) is 7.30. The van der Waals surface area contributed by atoms with E-state index in [0.717, 1.165) is 38.5 Å². The van der Waals surface area contributed by atoms with Crippen molar-refractivity contribution in [3.05, 3.63) is 0 Å². The van der Waals surface area contributed by atoms with Crippen molar-refractivity contribution in [2.24, 2.45) is 45.1 Å². The summed E-state index contributed by atoms with van der Waals surface area (Å²) < 4.78 is 5.59. The molecule has 230 valence electrons. The van der Waals surface area contributed by atoms with Crippen molar-refractivity contribution in [3.8, 4) is 0 Å². The van der Waals surface area contributed by atoms with Gasteiger partial charge in [0.1, 0.15) is 5.60 Å². The number of amides is 2. The van der Waals surface area contributed by atoms with Crippen LogP contribution in [0.3, 0.4) is 0 Å². The molecule has 4 aliphatic rings. The zero-order valence-electron chi connectivity index (χ0n) is 26.6. The lowest BCUT2D eigenvalue weighted by Gasteiger charge is -2.36. The van der Waals surface area contributed by atoms with E-state index in [2.05, 4.69) is 13.8 Å². The molecule has 0 radical (unpaired) electrons. The number of carbonyl (C=O) groups excluding carboxylic acids is 5. The molecule has 8 nitrogen and oxygen atoms in total. The Hall–Kier alpha value is -2.25. The number of ketones is 2. The Bertz CT molecular complexity index is 1100. The highest BCUT2D eigenvalue weighted by Gasteiger charge is 2.85. The average Bonchev–Trinajstić information content (AvgIpc) is 3.01. The van der Waals surface area contributed by atoms with Gasteiger partial charge >= 0.3 is 5.97 Å². The number of ether oxygens (including phenoxy) is 1. The molecule has 0 bridgehead atoms. The summed E-state index contributed by atoms with van der Waals surface area (Å²) >= 11 is 0. The van der Waals surface area contributed by atoms with Crippen molar-refractivity contribution >= 4 is 29.4 Å². The molecule has 1 saturated heterocycles. The third-order valence-electron chi connectivity index (χ3n) is 11.5. The Labute approximate surface area is 245 Å². The molecule has 0 aromatic heterocycles. The van der Waals surface area contributed by atoms with E-state index in [1.165, 1.54) is 0 Å². The van der Waals surface area contributed by atoms with Gasteiger partial charge in [-0.2, -0.15) is 0 Å². The number of Topliss-reactive ketones (excluding diaryl/α,β-unsaturated/α-hetero) is 2. The Morgan fingerprint density at radius 1 is 0.927 bits per heavy atom. The standard InChI is InChI=1S/C33H52N2O6/c1-29(2,3)22(17-25(37)41-30(4,5)6)28(40)35-19-33(31(7,8)32(33)13-10-14-32)18-23(35)24(36)16-21(26(38)27(34)39)15-20-11-9-12-20/h20-23H,9-19H2,1-8H3,(H2,34,39)/t21?,22-,23+,33+/m1/s1. The molecule has 41 heavy (non-hydrogen) atoms. The maximum absolute atomic E-state index is 14.4. The molecule has 4 fully saturated rings. The van der Waals surface area contributed by atoms with Crippen LogP contribution in [0.1, 0.15) is 120 Å². The fourth-order valence-electron chi connectivity index (χ4n) is 8.63. The maximum Gasteiger partial charge on any atom is 0.307 e. The number of nitrogens with two attached hydrogens (primary N) is 1. The van der Waals surface area contributed by atoms with Crippen molar-refractivity contribution in [2.45, 2.75) is 131 Å². The summed E-state index contributed by atoms with van der Waals surface area (Å²) in [7, 11) is 0. The number of hydrogen-bond acceptors (Lipinski definition) is 6. The van der Waals surface area contributed by atoms with E-state index < -0.39 is 46.6 Å². The minimum absolute atomic E-state index is 0.0113. The molecule has 0 aromatic carbocycles. The van der Waals surface area contributed by atoms with Gasteiger partial charge in [-0.1, -0.05) is 60.3 Å². The molecular weight excluding hydrogens is 520 g/mol. The first kappa shape index (κ1) is 31.7. The van der Waals surface area contributed by atoms with Crippen molar-refractivity contribution in [3.63, 3.8) is 0 Å². The molecule has 2 N–H and O–H groups in total. The molecule has 3 aliphatic carbocycles. The van der Waals surface area contributed by atoms with E-state index in [1.54, 1.807) is 25.7 Å². The predicted molar refractivity (Wildman–Crippen MR) is 155 cm³/mol. The van der Waals surface area contributed by atoms with E-state index in [4.69, 9.17) is 10.5 Å². The molecular formula is C33H52N2O6. The fourth-order valence-corrected chi connectivity index (χ4v) is 8.63. The lowest BCUT2D eigenvalue weighted by atomic mass is 9.73. The molecule has 0 aromatic rings. The minimum Gasteiger partial charge on any atom is -0.460 e. The maximum atomic E-state index is 14.4. The zero-order valence-corrected chi connectivity index (χ0v) is 26.6. The molecule has 1 unspecified atom stereocenters. The number of fused-ring (bicyclic) bond motifs is 1. The van der Waals surface area contributed by atoms with Crippen LogP contribution in [0.15, 0.2) is 0 Å². The van der Waals surface area contributed by atoms with Gasteiger partial charge in [-0.15, -0.1) is 0 Å². The average molecular weight is 573 g/mol. The van der Waals surface area contributed by atoms with Gasteiger partial charge in [-0.3, -0.25) is 24.0 Å². The van der Waals surface area contributed by atoms with E-state index in [1.807, 2.05) is 20.8 Å². The normalized spacial score (nSPS) is 28.0. The number of rotatable bonds is 10. The van der Waals surface area contributed by atoms with Crippen molar-refractivity contribution in [1.29, 1.82) is 0 Å². The number of carbonyl (C=O) groups is 5. The summed E-state index contributed by atoms with van der Waals surface area (Å²) in [4.78, 5) is 67.9. The van der Waals surface area contributed by atoms with E-state index in [-0.39, 0.29) is 40.8 Å². The lowest BCUT2D eigenvalue weighted by Crippen LogP contribution is -2.48. The summed E-state index contributed by atoms with van der Waals surface area (Å²) in [6.45, 7) is 16.2. The Morgan fingerprint density at radius 3 is 1.95 bits per heavy atom. The number of primary amides is 1. The number of hydrogen-bond donors (Lipinski definition) is 1. The Balaban J connectivity index is 1.63. The van der Waals surface area contributed by atoms with Gasteiger partial charge < -0.3 is 15.4 Å². The molecule has 4 rings (SSSR count). The van der Waals surface area contributed by atoms with Crippen LogP contribution in [0.2, 0.25) is 0 Å². The third-order valence-corrected chi connectivity index (χ3v) is 11.5. The van der Waals surface area contributed by atoms with Gasteiger partial charge in [0.15, 0.2) is 5.78 Å². The summed E-state index contributed by atoms with van der Waals surface area (Å²) in [5.41, 5.74) is 4.12. The largest absolute Gasteiger partial charge is 0.460 e. The van der Waals surface area contributed by atoms with Gasteiger partial charge in [0.2, 0.25) is 11.7 Å². The van der Waals surface area contributed by atoms with Gasteiger partial charge in [-0.25, -0.2) is 0 Å². The van der Waals surface area contributed by atoms with Crippen LogP contribution in [0, 0.1) is 39.4 Å². The summed E-state index contributed by atoms with van der Waals surface area (Å²) in [5.74, 6) is -3.58. The van der Waals surface area contributed by atoms with E-state index >= 15 is 0 Å². The molecule has 1 heterocycles. The van der Waals surface area contributed by atoms with E-state index in [0.29, 0.717) is 25.3 Å². The highest BCUT2D eigenvalue weighted by molar-refractivity contribution is 6.36. The number of esters is 1. The first-order valence-corrected chi connectivity index (χ1v) is 15.6. The first-order chi connectivity index (χ1) is 18.8. The highest BCUT2D eigenvalue weighted by atomic mass is 16.6. The molecule has 4 atom stereocenters. The van der Waals surface area contributed by atoms with Crippen LogP contribution in [0.4, 0.5) is 0 Å². The SMILES string of the molecule is CC(C)(C)OC(=O)C[C@H](C(=O)N1C[C@@]2(C[C@H]1C(=O)CC(CC1CCC1)C(=O)C(N)=O)C(C)(C)C21CCC1)C(C)(C)C. The van der Waals surface area contributed by atoms with Crippen LogP contribution < -0.4 is 5.73 Å². The summed E-state index contributed by atoms with van der Waals surface area (Å²) in [6, 6.07) is -0.685. The van der Waals surface area contributed by atoms with Crippen molar-refractivity contribution < 1.29 is 28.7 Å². The monoisotopic (exact) mass is 572 g/mol. The lowest BCUT2D eigenvalue weighted by molar-refractivity contribution is -0.161. The van der Waals surface area contributed by atoms with Crippen LogP contribution in [0.25, 0.3) is 0 Å². The number of likely N-dealkylation sites (tertiary alicyclic amines) is 1. The van der Waals surface area contributed by atoms with Crippen LogP contribution in [0.5, 0.6) is 0 Å². The van der Waals surface area contributed by atoms with E-state index in [9.17, 15) is 24.0 Å². The first-order valence-electron chi connectivity index (χ1n) is 15.6. The van der Waals surface area contributed by atoms with Gasteiger partial charge in [0.05, 0.1) is 18.4 Å². The second-order valence-corrected chi connectivity index (χ2v) is 16.2. The topological polar surface area (TPSA) is 124 Å². The van der Waals surface area contributed by atoms with Crippen LogP contribution in [-0.2, 0) is 28.7 Å². The second-order valence-electron chi connectivity index (χ2n) is 16.2. The summed E-state index contributed by atoms with van der Waals surface area (Å²) in [5, 5.41) is 0. The van der Waals surface area contributed by atoms with Crippen LogP contribution in [-0.4, -0.2) is 52.4 Å². The molecule has 8 heteroatoms. The Kier molecular flexibility index (Phi) is 8.10. The van der Waals surface area contributed by atoms with Crippen molar-refractivity contribution in [2.75, 3.05) is 6.54 Å². The molecule has 1 aliphatic heterocycles. The molecule has 3 saturated carbocycles. The highest BCUT2D eigenvalue weighted by Crippen LogP contribution is 2.88. The Morgan fingerprint density at radius 2 is 1.54 bits per heavy atom. The quantitative estimate of drug-likeness (QED) is 0.290.